The molecule has 0 amide bonds. The number of nitrogens with zero attached hydrogens (tertiary/aromatic N) is 1. The van der Waals surface area contributed by atoms with Crippen molar-refractivity contribution in [2.75, 3.05) is 19.6 Å². The van der Waals surface area contributed by atoms with Gasteiger partial charge < -0.3 is 5.32 Å². The van der Waals surface area contributed by atoms with Gasteiger partial charge in [-0.2, -0.15) is 0 Å². The largest absolute Gasteiger partial charge is 0.312 e. The lowest BCUT2D eigenvalue weighted by Gasteiger charge is -2.45. The summed E-state index contributed by atoms with van der Waals surface area (Å²) in [5, 5.41) is 3.81. The maximum absolute atomic E-state index is 3.81. The van der Waals surface area contributed by atoms with Crippen molar-refractivity contribution in [3.8, 4) is 0 Å². The molecule has 0 aromatic heterocycles. The highest BCUT2D eigenvalue weighted by atomic mass is 15.2. The molecule has 21 heavy (non-hydrogen) atoms. The van der Waals surface area contributed by atoms with E-state index in [1.807, 2.05) is 0 Å². The molecule has 0 spiro atoms. The van der Waals surface area contributed by atoms with Crippen LogP contribution in [0.2, 0.25) is 0 Å². The van der Waals surface area contributed by atoms with Gasteiger partial charge in [0.25, 0.3) is 0 Å². The number of rotatable bonds is 12. The van der Waals surface area contributed by atoms with Crippen LogP contribution in [0.1, 0.15) is 91.9 Å². The molecular formula is C19H40N2. The van der Waals surface area contributed by atoms with E-state index >= 15 is 0 Å². The van der Waals surface area contributed by atoms with Gasteiger partial charge in [-0.25, -0.2) is 0 Å². The number of unbranched alkanes of at least 4 members (excludes halogenated alkanes) is 5. The van der Waals surface area contributed by atoms with E-state index in [4.69, 9.17) is 0 Å². The van der Waals surface area contributed by atoms with E-state index in [1.165, 1.54) is 77.3 Å². The Morgan fingerprint density at radius 1 is 0.952 bits per heavy atom. The van der Waals surface area contributed by atoms with Gasteiger partial charge in [-0.15, -0.1) is 0 Å². The van der Waals surface area contributed by atoms with Gasteiger partial charge in [0.2, 0.25) is 0 Å². The predicted molar refractivity (Wildman–Crippen MR) is 95.0 cm³/mol. The van der Waals surface area contributed by atoms with Crippen molar-refractivity contribution in [3.63, 3.8) is 0 Å². The summed E-state index contributed by atoms with van der Waals surface area (Å²) in [6, 6.07) is 0.664. The molecule has 2 nitrogen and oxygen atoms in total. The molecule has 0 radical (unpaired) electrons. The number of hydrogen-bond acceptors (Lipinski definition) is 2. The third-order valence-corrected chi connectivity index (χ3v) is 5.59. The Bertz CT molecular complexity index is 248. The molecule has 0 bridgehead atoms. The normalized spacial score (nSPS) is 20.6. The van der Waals surface area contributed by atoms with Gasteiger partial charge in [0.05, 0.1) is 0 Å². The Balaban J connectivity index is 2.45. The van der Waals surface area contributed by atoms with Crippen LogP contribution in [0.5, 0.6) is 0 Å². The van der Waals surface area contributed by atoms with E-state index in [9.17, 15) is 0 Å². The van der Waals surface area contributed by atoms with Crippen LogP contribution in [0.25, 0.3) is 0 Å². The molecule has 0 aromatic rings. The molecule has 1 fully saturated rings. The molecule has 126 valence electrons. The average Bonchev–Trinajstić information content (AvgIpc) is 3.03. The van der Waals surface area contributed by atoms with E-state index in [2.05, 4.69) is 37.9 Å². The Morgan fingerprint density at radius 2 is 1.57 bits per heavy atom. The fourth-order valence-electron chi connectivity index (χ4n) is 3.93. The third kappa shape index (κ3) is 5.90. The molecule has 2 unspecified atom stereocenters. The van der Waals surface area contributed by atoms with E-state index in [0.717, 1.165) is 6.54 Å². The standard InChI is InChI=1S/C19H40N2/c1-5-8-9-10-11-12-15-18(20-7-3)19(4,6-2)21-16-13-14-17-21/h18,20H,5-17H2,1-4H3. The first kappa shape index (κ1) is 19.0. The minimum absolute atomic E-state index is 0.357. The van der Waals surface area contributed by atoms with Crippen LogP contribution in [0, 0.1) is 0 Å². The average molecular weight is 297 g/mol. The summed E-state index contributed by atoms with van der Waals surface area (Å²) in [6.07, 6.45) is 13.8. The molecule has 1 aliphatic heterocycles. The van der Waals surface area contributed by atoms with Crippen molar-refractivity contribution in [2.45, 2.75) is 103 Å². The first-order chi connectivity index (χ1) is 10.2. The second-order valence-corrected chi connectivity index (χ2v) is 7.07. The summed E-state index contributed by atoms with van der Waals surface area (Å²) in [7, 11) is 0. The van der Waals surface area contributed by atoms with Crippen molar-refractivity contribution in [3.05, 3.63) is 0 Å². The van der Waals surface area contributed by atoms with Crippen molar-refractivity contribution in [1.82, 2.24) is 10.2 Å². The summed E-state index contributed by atoms with van der Waals surface area (Å²) < 4.78 is 0. The van der Waals surface area contributed by atoms with Crippen LogP contribution >= 0.6 is 0 Å². The summed E-state index contributed by atoms with van der Waals surface area (Å²) >= 11 is 0. The van der Waals surface area contributed by atoms with Crippen LogP contribution in [0.15, 0.2) is 0 Å². The zero-order chi connectivity index (χ0) is 15.6. The zero-order valence-corrected chi connectivity index (χ0v) is 15.2. The van der Waals surface area contributed by atoms with Crippen LogP contribution < -0.4 is 5.32 Å². The molecule has 0 aromatic carbocycles. The quantitative estimate of drug-likeness (QED) is 0.511. The molecule has 0 aliphatic carbocycles. The molecular weight excluding hydrogens is 256 g/mol. The maximum atomic E-state index is 3.81. The highest BCUT2D eigenvalue weighted by Crippen LogP contribution is 2.30. The van der Waals surface area contributed by atoms with Crippen LogP contribution in [-0.2, 0) is 0 Å². The molecule has 2 heteroatoms. The van der Waals surface area contributed by atoms with Gasteiger partial charge in [0.1, 0.15) is 0 Å². The van der Waals surface area contributed by atoms with Crippen molar-refractivity contribution in [1.29, 1.82) is 0 Å². The third-order valence-electron chi connectivity index (χ3n) is 5.59. The zero-order valence-electron chi connectivity index (χ0n) is 15.2. The lowest BCUT2D eigenvalue weighted by atomic mass is 9.84. The highest BCUT2D eigenvalue weighted by molar-refractivity contribution is 4.97. The summed E-state index contributed by atoms with van der Waals surface area (Å²) in [6.45, 7) is 13.2. The molecule has 1 saturated heterocycles. The number of likely N-dealkylation sites (tertiary alicyclic amines) is 1. The van der Waals surface area contributed by atoms with Crippen LogP contribution in [0.3, 0.4) is 0 Å². The van der Waals surface area contributed by atoms with Gasteiger partial charge in [-0.3, -0.25) is 4.90 Å². The summed E-state index contributed by atoms with van der Waals surface area (Å²) in [5.41, 5.74) is 0.357. The lowest BCUT2D eigenvalue weighted by Crippen LogP contribution is -2.58. The highest BCUT2D eigenvalue weighted by Gasteiger charge is 2.38. The van der Waals surface area contributed by atoms with Crippen molar-refractivity contribution in [2.24, 2.45) is 0 Å². The number of nitrogens with one attached hydrogen (secondary N) is 1. The van der Waals surface area contributed by atoms with E-state index in [0.29, 0.717) is 11.6 Å². The monoisotopic (exact) mass is 296 g/mol. The maximum Gasteiger partial charge on any atom is 0.0331 e. The van der Waals surface area contributed by atoms with E-state index < -0.39 is 0 Å². The summed E-state index contributed by atoms with van der Waals surface area (Å²) in [5.74, 6) is 0. The van der Waals surface area contributed by atoms with Gasteiger partial charge in [0.15, 0.2) is 0 Å². The van der Waals surface area contributed by atoms with Gasteiger partial charge in [-0.05, 0) is 52.2 Å². The van der Waals surface area contributed by atoms with Crippen molar-refractivity contribution >= 4 is 0 Å². The fraction of sp³-hybridized carbons (Fsp3) is 1.00. The molecule has 1 rings (SSSR count). The predicted octanol–water partition coefficient (Wildman–Crippen LogP) is 4.98. The molecule has 2 atom stereocenters. The van der Waals surface area contributed by atoms with Gasteiger partial charge in [-0.1, -0.05) is 59.3 Å². The fourth-order valence-corrected chi connectivity index (χ4v) is 3.93. The number of likely N-dealkylation sites (N-methyl/N-ethyl adjacent to an activating group) is 1. The Kier molecular flexibility index (Phi) is 9.59. The van der Waals surface area contributed by atoms with Crippen LogP contribution in [0.4, 0.5) is 0 Å². The Morgan fingerprint density at radius 3 is 2.14 bits per heavy atom. The molecule has 1 N–H and O–H groups in total. The second-order valence-electron chi connectivity index (χ2n) is 7.07. The SMILES string of the molecule is CCCCCCCCC(NCC)C(C)(CC)N1CCCC1. The topological polar surface area (TPSA) is 15.3 Å². The Labute approximate surface area is 134 Å². The number of hydrogen-bond donors (Lipinski definition) is 1. The first-order valence-electron chi connectivity index (χ1n) is 9.67. The lowest BCUT2D eigenvalue weighted by molar-refractivity contribution is 0.0797. The second kappa shape index (κ2) is 10.6. The van der Waals surface area contributed by atoms with E-state index in [1.54, 1.807) is 0 Å². The smallest absolute Gasteiger partial charge is 0.0331 e. The first-order valence-corrected chi connectivity index (χ1v) is 9.67. The summed E-state index contributed by atoms with van der Waals surface area (Å²) in [4.78, 5) is 2.76. The molecule has 0 saturated carbocycles. The van der Waals surface area contributed by atoms with Gasteiger partial charge in [0, 0.05) is 11.6 Å². The van der Waals surface area contributed by atoms with Crippen molar-refractivity contribution < 1.29 is 0 Å². The van der Waals surface area contributed by atoms with Crippen LogP contribution in [-0.4, -0.2) is 36.1 Å². The minimum atomic E-state index is 0.357. The molecule has 1 aliphatic rings. The Hall–Kier alpha value is -0.0800. The molecule has 1 heterocycles. The van der Waals surface area contributed by atoms with E-state index in [-0.39, 0.29) is 0 Å². The minimum Gasteiger partial charge on any atom is -0.312 e. The van der Waals surface area contributed by atoms with Gasteiger partial charge >= 0.3 is 0 Å².